The largest absolute Gasteiger partial charge is 0.494 e. The third kappa shape index (κ3) is 3.45. The predicted molar refractivity (Wildman–Crippen MR) is 73.8 cm³/mol. The van der Waals surface area contributed by atoms with Crippen LogP contribution in [0.25, 0.3) is 0 Å². The summed E-state index contributed by atoms with van der Waals surface area (Å²) in [6.07, 6.45) is 0. The molecule has 2 aromatic carbocycles. The third-order valence-corrected chi connectivity index (χ3v) is 2.60. The summed E-state index contributed by atoms with van der Waals surface area (Å²) in [6.45, 7) is 2.43. The van der Waals surface area contributed by atoms with Gasteiger partial charge < -0.3 is 9.47 Å². The van der Waals surface area contributed by atoms with E-state index < -0.39 is 11.9 Å². The molecule has 0 aliphatic heterocycles. The van der Waals surface area contributed by atoms with E-state index in [-0.39, 0.29) is 0 Å². The van der Waals surface area contributed by atoms with Crippen molar-refractivity contribution in [3.63, 3.8) is 0 Å². The van der Waals surface area contributed by atoms with E-state index in [0.29, 0.717) is 23.5 Å². The minimum Gasteiger partial charge on any atom is -0.494 e. The van der Waals surface area contributed by atoms with Gasteiger partial charge in [-0.05, 0) is 43.3 Å². The van der Waals surface area contributed by atoms with Crippen molar-refractivity contribution in [3.8, 4) is 5.75 Å². The maximum absolute atomic E-state index is 11.8. The molecule has 102 valence electrons. The molecule has 0 fully saturated rings. The molecule has 20 heavy (non-hydrogen) atoms. The fourth-order valence-corrected chi connectivity index (χ4v) is 1.63. The molecule has 0 unspecified atom stereocenters. The van der Waals surface area contributed by atoms with Gasteiger partial charge in [0, 0.05) is 0 Å². The minimum atomic E-state index is -0.679. The Labute approximate surface area is 116 Å². The minimum absolute atomic E-state index is 0.303. The highest BCUT2D eigenvalue weighted by Crippen LogP contribution is 2.13. The van der Waals surface area contributed by atoms with Crippen LogP contribution in [0.4, 0.5) is 0 Å². The van der Waals surface area contributed by atoms with Crippen LogP contribution in [0, 0.1) is 0 Å². The summed E-state index contributed by atoms with van der Waals surface area (Å²) in [5, 5.41) is 0. The van der Waals surface area contributed by atoms with E-state index in [1.54, 1.807) is 54.6 Å². The molecule has 0 aliphatic carbocycles. The summed E-state index contributed by atoms with van der Waals surface area (Å²) in [5.41, 5.74) is 0.643. The average molecular weight is 270 g/mol. The first-order chi connectivity index (χ1) is 9.70. The second-order valence-electron chi connectivity index (χ2n) is 4.00. The molecule has 2 rings (SSSR count). The summed E-state index contributed by atoms with van der Waals surface area (Å²) in [4.78, 5) is 23.5. The van der Waals surface area contributed by atoms with E-state index in [1.807, 2.05) is 6.92 Å². The third-order valence-electron chi connectivity index (χ3n) is 2.60. The van der Waals surface area contributed by atoms with Crippen LogP contribution in [0.5, 0.6) is 5.75 Å². The quantitative estimate of drug-likeness (QED) is 0.633. The van der Waals surface area contributed by atoms with Gasteiger partial charge in [-0.2, -0.15) is 0 Å². The summed E-state index contributed by atoms with van der Waals surface area (Å²) in [7, 11) is 0. The molecule has 0 atom stereocenters. The standard InChI is InChI=1S/C16H14O4/c1-2-19-14-10-8-13(9-11-14)16(18)20-15(17)12-6-4-3-5-7-12/h3-11H,2H2,1H3. The molecular weight excluding hydrogens is 256 g/mol. The number of benzene rings is 2. The fraction of sp³-hybridized carbons (Fsp3) is 0.125. The number of hydrogen-bond acceptors (Lipinski definition) is 4. The maximum atomic E-state index is 11.8. The van der Waals surface area contributed by atoms with Gasteiger partial charge in [-0.3, -0.25) is 0 Å². The first-order valence-electron chi connectivity index (χ1n) is 6.25. The van der Waals surface area contributed by atoms with Gasteiger partial charge in [-0.15, -0.1) is 0 Å². The van der Waals surface area contributed by atoms with Crippen LogP contribution in [0.3, 0.4) is 0 Å². The summed E-state index contributed by atoms with van der Waals surface area (Å²) in [6, 6.07) is 14.8. The summed E-state index contributed by atoms with van der Waals surface area (Å²) < 4.78 is 10.1. The Morgan fingerprint density at radius 2 is 1.40 bits per heavy atom. The molecule has 0 bridgehead atoms. The van der Waals surface area contributed by atoms with E-state index in [1.165, 1.54) is 0 Å². The molecule has 0 aromatic heterocycles. The van der Waals surface area contributed by atoms with Crippen molar-refractivity contribution >= 4 is 11.9 Å². The normalized spacial score (nSPS) is 9.85. The van der Waals surface area contributed by atoms with Gasteiger partial charge in [-0.1, -0.05) is 18.2 Å². The molecule has 0 spiro atoms. The number of rotatable bonds is 4. The topological polar surface area (TPSA) is 52.6 Å². The van der Waals surface area contributed by atoms with Crippen molar-refractivity contribution in [2.24, 2.45) is 0 Å². The predicted octanol–water partition coefficient (Wildman–Crippen LogP) is 3.08. The van der Waals surface area contributed by atoms with Crippen molar-refractivity contribution in [1.82, 2.24) is 0 Å². The number of hydrogen-bond donors (Lipinski definition) is 0. The molecule has 4 heteroatoms. The summed E-state index contributed by atoms with van der Waals surface area (Å²) >= 11 is 0. The molecule has 4 nitrogen and oxygen atoms in total. The van der Waals surface area contributed by atoms with Gasteiger partial charge in [-0.25, -0.2) is 9.59 Å². The fourth-order valence-electron chi connectivity index (χ4n) is 1.63. The first-order valence-corrected chi connectivity index (χ1v) is 6.25. The highest BCUT2D eigenvalue weighted by atomic mass is 16.6. The highest BCUT2D eigenvalue weighted by Gasteiger charge is 2.14. The molecule has 0 amide bonds. The van der Waals surface area contributed by atoms with Crippen molar-refractivity contribution in [1.29, 1.82) is 0 Å². The van der Waals surface area contributed by atoms with Crippen LogP contribution >= 0.6 is 0 Å². The zero-order chi connectivity index (χ0) is 14.4. The monoisotopic (exact) mass is 270 g/mol. The van der Waals surface area contributed by atoms with E-state index in [4.69, 9.17) is 9.47 Å². The van der Waals surface area contributed by atoms with Gasteiger partial charge in [0.2, 0.25) is 0 Å². The number of carbonyl (C=O) groups excluding carboxylic acids is 2. The Balaban J connectivity index is 2.03. The Kier molecular flexibility index (Phi) is 4.50. The molecule has 0 aliphatic rings. The average Bonchev–Trinajstić information content (AvgIpc) is 2.49. The summed E-state index contributed by atoms with van der Waals surface area (Å²) in [5.74, 6) is -0.676. The van der Waals surface area contributed by atoms with Crippen LogP contribution < -0.4 is 4.74 Å². The number of carbonyl (C=O) groups is 2. The van der Waals surface area contributed by atoms with Crippen molar-refractivity contribution in [3.05, 3.63) is 65.7 Å². The smallest absolute Gasteiger partial charge is 0.346 e. The van der Waals surface area contributed by atoms with Crippen molar-refractivity contribution < 1.29 is 19.1 Å². The van der Waals surface area contributed by atoms with E-state index in [9.17, 15) is 9.59 Å². The molecule has 0 saturated carbocycles. The lowest BCUT2D eigenvalue weighted by atomic mass is 10.2. The van der Waals surface area contributed by atoms with Gasteiger partial charge in [0.1, 0.15) is 5.75 Å². The maximum Gasteiger partial charge on any atom is 0.346 e. The Hall–Kier alpha value is -2.62. The van der Waals surface area contributed by atoms with Gasteiger partial charge in [0.25, 0.3) is 0 Å². The van der Waals surface area contributed by atoms with Crippen LogP contribution in [0.1, 0.15) is 27.6 Å². The zero-order valence-electron chi connectivity index (χ0n) is 11.0. The van der Waals surface area contributed by atoms with Gasteiger partial charge in [0.05, 0.1) is 17.7 Å². The van der Waals surface area contributed by atoms with Crippen LogP contribution in [0.2, 0.25) is 0 Å². The van der Waals surface area contributed by atoms with E-state index in [0.717, 1.165) is 0 Å². The lowest BCUT2D eigenvalue weighted by molar-refractivity contribution is 0.0398. The zero-order valence-corrected chi connectivity index (χ0v) is 11.0. The van der Waals surface area contributed by atoms with Crippen LogP contribution in [-0.4, -0.2) is 18.5 Å². The molecule has 0 radical (unpaired) electrons. The Morgan fingerprint density at radius 1 is 0.850 bits per heavy atom. The van der Waals surface area contributed by atoms with E-state index >= 15 is 0 Å². The van der Waals surface area contributed by atoms with Crippen LogP contribution in [-0.2, 0) is 4.74 Å². The number of ether oxygens (including phenoxy) is 2. The van der Waals surface area contributed by atoms with E-state index in [2.05, 4.69) is 0 Å². The molecule has 0 heterocycles. The Bertz CT molecular complexity index is 588. The van der Waals surface area contributed by atoms with Gasteiger partial charge >= 0.3 is 11.9 Å². The SMILES string of the molecule is CCOc1ccc(C(=O)OC(=O)c2ccccc2)cc1. The molecular formula is C16H14O4. The second kappa shape index (κ2) is 6.52. The lowest BCUT2D eigenvalue weighted by Crippen LogP contribution is -2.12. The van der Waals surface area contributed by atoms with Gasteiger partial charge in [0.15, 0.2) is 0 Å². The number of esters is 2. The first kappa shape index (κ1) is 13.8. The van der Waals surface area contributed by atoms with Crippen LogP contribution in [0.15, 0.2) is 54.6 Å². The van der Waals surface area contributed by atoms with Crippen molar-refractivity contribution in [2.75, 3.05) is 6.61 Å². The molecule has 0 N–H and O–H groups in total. The Morgan fingerprint density at radius 3 is 1.95 bits per heavy atom. The molecule has 0 saturated heterocycles. The molecule has 2 aromatic rings. The highest BCUT2D eigenvalue weighted by molar-refractivity contribution is 6.02. The lowest BCUT2D eigenvalue weighted by Gasteiger charge is -2.05. The second-order valence-corrected chi connectivity index (χ2v) is 4.00. The van der Waals surface area contributed by atoms with Crippen molar-refractivity contribution in [2.45, 2.75) is 6.92 Å².